The molecule has 27 heavy (non-hydrogen) atoms. The molecule has 0 aliphatic rings. The van der Waals surface area contributed by atoms with E-state index in [1.54, 1.807) is 0 Å². The highest BCUT2D eigenvalue weighted by atomic mass is 32.2. The molecule has 0 unspecified atom stereocenters. The first-order valence-electron chi connectivity index (χ1n) is 8.62. The fraction of sp³-hybridized carbons (Fsp3) is 0.150. The average molecular weight is 378 g/mol. The molecular formula is C20H18N4O2S. The van der Waals surface area contributed by atoms with Crippen LogP contribution in [-0.2, 0) is 4.79 Å². The summed E-state index contributed by atoms with van der Waals surface area (Å²) in [5.74, 6) is 0.787. The predicted octanol–water partition coefficient (Wildman–Crippen LogP) is 4.24. The maximum absolute atomic E-state index is 12.4. The highest BCUT2D eigenvalue weighted by Crippen LogP contribution is 2.30. The maximum atomic E-state index is 12.4. The Balaban J connectivity index is 1.51. The van der Waals surface area contributed by atoms with Crippen molar-refractivity contribution in [1.29, 1.82) is 0 Å². The summed E-state index contributed by atoms with van der Waals surface area (Å²) in [5.41, 5.74) is 3.39. The molecule has 4 rings (SSSR count). The van der Waals surface area contributed by atoms with Crippen LogP contribution in [0.1, 0.15) is 6.92 Å². The molecular weight excluding hydrogens is 360 g/mol. The molecule has 6 nitrogen and oxygen atoms in total. The fourth-order valence-corrected chi connectivity index (χ4v) is 3.65. The molecule has 0 saturated heterocycles. The number of fused-ring (bicyclic) bond motifs is 3. The standard InChI is InChI=1S/C20H18N4O2S/c1-2-26-16-10-6-5-9-15(16)23-17(25)11-27-20-19-18(21-12-22-20)13-7-3-4-8-14(13)24-19/h3-10,12,24H,2,11H2,1H3,(H,23,25). The third-order valence-corrected chi connectivity index (χ3v) is 5.04. The molecule has 4 aromatic rings. The lowest BCUT2D eigenvalue weighted by atomic mass is 10.2. The summed E-state index contributed by atoms with van der Waals surface area (Å²) in [6.45, 7) is 2.45. The largest absolute Gasteiger partial charge is 0.492 e. The third kappa shape index (κ3) is 3.59. The zero-order valence-electron chi connectivity index (χ0n) is 14.7. The van der Waals surface area contributed by atoms with Gasteiger partial charge in [-0.3, -0.25) is 4.79 Å². The number of aromatic nitrogens is 3. The first-order valence-corrected chi connectivity index (χ1v) is 9.60. The van der Waals surface area contributed by atoms with E-state index in [1.807, 2.05) is 55.5 Å². The van der Waals surface area contributed by atoms with Gasteiger partial charge in [-0.15, -0.1) is 0 Å². The molecule has 0 spiro atoms. The third-order valence-electron chi connectivity index (χ3n) is 4.06. The number of amides is 1. The monoisotopic (exact) mass is 378 g/mol. The van der Waals surface area contributed by atoms with Crippen LogP contribution in [0.25, 0.3) is 21.9 Å². The summed E-state index contributed by atoms with van der Waals surface area (Å²) in [5, 5.41) is 4.70. The zero-order chi connectivity index (χ0) is 18.6. The summed E-state index contributed by atoms with van der Waals surface area (Å²) in [6.07, 6.45) is 1.53. The lowest BCUT2D eigenvalue weighted by molar-refractivity contribution is -0.113. The second-order valence-corrected chi connectivity index (χ2v) is 6.80. The van der Waals surface area contributed by atoms with Crippen LogP contribution < -0.4 is 10.1 Å². The van der Waals surface area contributed by atoms with Crippen LogP contribution in [0.2, 0.25) is 0 Å². The van der Waals surface area contributed by atoms with E-state index in [2.05, 4.69) is 20.3 Å². The highest BCUT2D eigenvalue weighted by Gasteiger charge is 2.13. The molecule has 0 aliphatic heterocycles. The number of para-hydroxylation sites is 3. The minimum absolute atomic E-state index is 0.116. The number of anilines is 1. The molecule has 1 amide bonds. The summed E-state index contributed by atoms with van der Waals surface area (Å²) in [6, 6.07) is 15.4. The van der Waals surface area contributed by atoms with E-state index in [1.165, 1.54) is 18.1 Å². The summed E-state index contributed by atoms with van der Waals surface area (Å²) < 4.78 is 5.54. The average Bonchev–Trinajstić information content (AvgIpc) is 3.07. The van der Waals surface area contributed by atoms with E-state index < -0.39 is 0 Å². The molecule has 7 heteroatoms. The van der Waals surface area contributed by atoms with Gasteiger partial charge in [0.15, 0.2) is 0 Å². The van der Waals surface area contributed by atoms with Crippen molar-refractivity contribution in [3.05, 3.63) is 54.9 Å². The number of thioether (sulfide) groups is 1. The number of aromatic amines is 1. The molecule has 136 valence electrons. The molecule has 0 saturated carbocycles. The Labute approximate surface area is 160 Å². The molecule has 2 aromatic heterocycles. The van der Waals surface area contributed by atoms with Crippen molar-refractivity contribution in [2.24, 2.45) is 0 Å². The van der Waals surface area contributed by atoms with Crippen LogP contribution in [-0.4, -0.2) is 33.2 Å². The zero-order valence-corrected chi connectivity index (χ0v) is 15.5. The highest BCUT2D eigenvalue weighted by molar-refractivity contribution is 8.00. The minimum Gasteiger partial charge on any atom is -0.492 e. The SMILES string of the molecule is CCOc1ccccc1NC(=O)CSc1ncnc2c1[nH]c1ccccc12. The van der Waals surface area contributed by atoms with Crippen molar-refractivity contribution in [3.63, 3.8) is 0 Å². The van der Waals surface area contributed by atoms with Crippen LogP contribution in [0.3, 0.4) is 0 Å². The van der Waals surface area contributed by atoms with Gasteiger partial charge in [-0.1, -0.05) is 42.1 Å². The topological polar surface area (TPSA) is 79.9 Å². The number of carbonyl (C=O) groups excluding carboxylic acids is 1. The second-order valence-electron chi connectivity index (χ2n) is 5.84. The van der Waals surface area contributed by atoms with E-state index >= 15 is 0 Å². The van der Waals surface area contributed by atoms with Crippen LogP contribution in [0.15, 0.2) is 59.9 Å². The number of nitrogens with one attached hydrogen (secondary N) is 2. The molecule has 0 radical (unpaired) electrons. The summed E-state index contributed by atoms with van der Waals surface area (Å²) in [7, 11) is 0. The normalized spacial score (nSPS) is 11.0. The van der Waals surface area contributed by atoms with Gasteiger partial charge in [0.2, 0.25) is 5.91 Å². The molecule has 0 fully saturated rings. The van der Waals surface area contributed by atoms with E-state index in [9.17, 15) is 4.79 Å². The number of H-pyrrole nitrogens is 1. The van der Waals surface area contributed by atoms with Gasteiger partial charge in [0.05, 0.1) is 23.6 Å². The number of hydrogen-bond acceptors (Lipinski definition) is 5. The first kappa shape index (κ1) is 17.4. The Morgan fingerprint density at radius 1 is 1.15 bits per heavy atom. The Bertz CT molecular complexity index is 1110. The Morgan fingerprint density at radius 2 is 1.96 bits per heavy atom. The second kappa shape index (κ2) is 7.67. The van der Waals surface area contributed by atoms with Gasteiger partial charge in [-0.25, -0.2) is 9.97 Å². The van der Waals surface area contributed by atoms with Crippen LogP contribution in [0.5, 0.6) is 5.75 Å². The molecule has 0 aliphatic carbocycles. The van der Waals surface area contributed by atoms with Gasteiger partial charge in [-0.05, 0) is 25.1 Å². The van der Waals surface area contributed by atoms with Gasteiger partial charge in [0, 0.05) is 10.9 Å². The van der Waals surface area contributed by atoms with Crippen LogP contribution in [0, 0.1) is 0 Å². The van der Waals surface area contributed by atoms with Crippen molar-refractivity contribution >= 4 is 45.3 Å². The predicted molar refractivity (Wildman–Crippen MR) is 108 cm³/mol. The number of benzene rings is 2. The van der Waals surface area contributed by atoms with Gasteiger partial charge in [-0.2, -0.15) is 0 Å². The lowest BCUT2D eigenvalue weighted by Gasteiger charge is -2.11. The van der Waals surface area contributed by atoms with Crippen molar-refractivity contribution in [1.82, 2.24) is 15.0 Å². The van der Waals surface area contributed by atoms with Crippen molar-refractivity contribution in [3.8, 4) is 5.75 Å². The van der Waals surface area contributed by atoms with Crippen molar-refractivity contribution in [2.75, 3.05) is 17.7 Å². The van der Waals surface area contributed by atoms with E-state index in [-0.39, 0.29) is 11.7 Å². The van der Waals surface area contributed by atoms with E-state index in [0.717, 1.165) is 27.0 Å². The first-order chi connectivity index (χ1) is 13.3. The summed E-state index contributed by atoms with van der Waals surface area (Å²) in [4.78, 5) is 24.5. The number of nitrogens with zero attached hydrogens (tertiary/aromatic N) is 2. The Kier molecular flexibility index (Phi) is 4.93. The van der Waals surface area contributed by atoms with Gasteiger partial charge in [0.25, 0.3) is 0 Å². The smallest absolute Gasteiger partial charge is 0.234 e. The molecule has 0 bridgehead atoms. The number of ether oxygens (including phenoxy) is 1. The van der Waals surface area contributed by atoms with Crippen LogP contribution >= 0.6 is 11.8 Å². The van der Waals surface area contributed by atoms with Gasteiger partial charge in [0.1, 0.15) is 22.6 Å². The summed E-state index contributed by atoms with van der Waals surface area (Å²) >= 11 is 1.38. The molecule has 2 aromatic carbocycles. The maximum Gasteiger partial charge on any atom is 0.234 e. The molecule has 2 N–H and O–H groups in total. The van der Waals surface area contributed by atoms with Crippen LogP contribution in [0.4, 0.5) is 5.69 Å². The Hall–Kier alpha value is -3.06. The Morgan fingerprint density at radius 3 is 2.85 bits per heavy atom. The molecule has 0 atom stereocenters. The van der Waals surface area contributed by atoms with E-state index in [4.69, 9.17) is 4.74 Å². The van der Waals surface area contributed by atoms with Crippen molar-refractivity contribution in [2.45, 2.75) is 11.9 Å². The van der Waals surface area contributed by atoms with Gasteiger partial charge >= 0.3 is 0 Å². The number of rotatable bonds is 6. The molecule has 2 heterocycles. The quantitative estimate of drug-likeness (QED) is 0.387. The van der Waals surface area contributed by atoms with Gasteiger partial charge < -0.3 is 15.0 Å². The number of hydrogen-bond donors (Lipinski definition) is 2. The minimum atomic E-state index is -0.116. The number of carbonyl (C=O) groups is 1. The van der Waals surface area contributed by atoms with Crippen molar-refractivity contribution < 1.29 is 9.53 Å². The lowest BCUT2D eigenvalue weighted by Crippen LogP contribution is -2.15. The fourth-order valence-electron chi connectivity index (χ4n) is 2.90. The van der Waals surface area contributed by atoms with E-state index in [0.29, 0.717) is 18.0 Å².